The molecule has 0 bridgehead atoms. The summed E-state index contributed by atoms with van der Waals surface area (Å²) in [7, 11) is -8.49. The molecule has 0 amide bonds. The summed E-state index contributed by atoms with van der Waals surface area (Å²) in [5, 5.41) is 18.7. The van der Waals surface area contributed by atoms with Gasteiger partial charge < -0.3 is 22.6 Å². The largest absolute Gasteiger partial charge is 0.437 e. The first-order chi connectivity index (χ1) is 12.0. The number of aliphatic hydroxyl groups is 2. The van der Waals surface area contributed by atoms with E-state index in [2.05, 4.69) is 66.2 Å². The molecule has 0 aliphatic carbocycles. The maximum Gasteiger partial charge on any atom is 0.316 e. The predicted molar refractivity (Wildman–Crippen MR) is 125 cm³/mol. The summed E-state index contributed by atoms with van der Waals surface area (Å²) < 4.78 is 20.3. The second-order valence-corrected chi connectivity index (χ2v) is 26.7. The van der Waals surface area contributed by atoms with Crippen LogP contribution in [0.15, 0.2) is 0 Å². The first-order valence-corrected chi connectivity index (χ1v) is 22.2. The van der Waals surface area contributed by atoms with Crippen molar-refractivity contribution in [3.63, 3.8) is 0 Å². The Morgan fingerprint density at radius 2 is 0.889 bits per heavy atom. The highest BCUT2D eigenvalue weighted by atomic mass is 28.5. The maximum atomic E-state index is 9.34. The average molecular weight is 455 g/mol. The van der Waals surface area contributed by atoms with Crippen LogP contribution in [0.3, 0.4) is 0 Å². The van der Waals surface area contributed by atoms with Gasteiger partial charge in [0.15, 0.2) is 16.6 Å². The van der Waals surface area contributed by atoms with Crippen molar-refractivity contribution in [2.45, 2.75) is 91.2 Å². The highest BCUT2D eigenvalue weighted by Gasteiger charge is 2.47. The Labute approximate surface area is 172 Å². The molecule has 0 aromatic rings. The second kappa shape index (κ2) is 11.2. The van der Waals surface area contributed by atoms with Gasteiger partial charge in [0.05, 0.1) is 0 Å². The SMILES string of the molecule is CC(CCO)C[Si](C)(O[Si](C)(C)C)O[Si](C)(CC(C)CCO)O[Si](C)(C)C. The monoisotopic (exact) mass is 454 g/mol. The topological polar surface area (TPSA) is 68.2 Å². The smallest absolute Gasteiger partial charge is 0.316 e. The van der Waals surface area contributed by atoms with Crippen molar-refractivity contribution < 1.29 is 22.6 Å². The first kappa shape index (κ1) is 27.7. The van der Waals surface area contributed by atoms with E-state index in [1.165, 1.54) is 0 Å². The lowest BCUT2D eigenvalue weighted by atomic mass is 10.1. The van der Waals surface area contributed by atoms with Crippen LogP contribution in [0.5, 0.6) is 0 Å². The van der Waals surface area contributed by atoms with Crippen LogP contribution in [-0.4, -0.2) is 57.2 Å². The molecule has 9 heteroatoms. The fourth-order valence-electron chi connectivity index (χ4n) is 3.87. The average Bonchev–Trinajstić information content (AvgIpc) is 2.31. The number of hydrogen-bond donors (Lipinski definition) is 2. The van der Waals surface area contributed by atoms with E-state index in [9.17, 15) is 10.2 Å². The zero-order chi connectivity index (χ0) is 21.5. The van der Waals surface area contributed by atoms with E-state index >= 15 is 0 Å². The molecule has 0 radical (unpaired) electrons. The van der Waals surface area contributed by atoms with Gasteiger partial charge in [-0.2, -0.15) is 0 Å². The van der Waals surface area contributed by atoms with Gasteiger partial charge in [-0.1, -0.05) is 13.8 Å². The third kappa shape index (κ3) is 13.5. The minimum absolute atomic E-state index is 0.201. The van der Waals surface area contributed by atoms with E-state index in [-0.39, 0.29) is 13.2 Å². The van der Waals surface area contributed by atoms with Crippen molar-refractivity contribution in [3.05, 3.63) is 0 Å². The Kier molecular flexibility index (Phi) is 11.4. The van der Waals surface area contributed by atoms with Gasteiger partial charge in [-0.3, -0.25) is 0 Å². The molecule has 0 aromatic heterocycles. The maximum absolute atomic E-state index is 9.34. The Morgan fingerprint density at radius 1 is 0.593 bits per heavy atom. The summed E-state index contributed by atoms with van der Waals surface area (Å²) in [4.78, 5) is 0. The van der Waals surface area contributed by atoms with Crippen LogP contribution in [0.25, 0.3) is 0 Å². The highest BCUT2D eigenvalue weighted by molar-refractivity contribution is 6.89. The van der Waals surface area contributed by atoms with E-state index in [1.807, 2.05) is 0 Å². The zero-order valence-corrected chi connectivity index (χ0v) is 23.5. The summed E-state index contributed by atoms with van der Waals surface area (Å²) >= 11 is 0. The van der Waals surface area contributed by atoms with Crippen molar-refractivity contribution in [3.8, 4) is 0 Å². The van der Waals surface area contributed by atoms with Crippen LogP contribution in [0.4, 0.5) is 0 Å². The van der Waals surface area contributed by atoms with Crippen LogP contribution < -0.4 is 0 Å². The standard InChI is InChI=1S/C18H46O5Si4/c1-17(11-13-19)15-26(9,21-24(3,4)5)23-27(10,22-25(6,7)8)16-18(2)12-14-20/h17-20H,11-16H2,1-10H3. The van der Waals surface area contributed by atoms with Crippen LogP contribution in [0.1, 0.15) is 26.7 Å². The third-order valence-corrected chi connectivity index (χ3v) is 18.8. The molecule has 2 N–H and O–H groups in total. The summed E-state index contributed by atoms with van der Waals surface area (Å²) in [5.41, 5.74) is 0. The molecule has 0 aliphatic rings. The third-order valence-electron chi connectivity index (χ3n) is 4.16. The molecule has 0 aromatic carbocycles. The molecule has 0 saturated heterocycles. The molecule has 0 heterocycles. The van der Waals surface area contributed by atoms with Crippen molar-refractivity contribution in [2.75, 3.05) is 13.2 Å². The predicted octanol–water partition coefficient (Wildman–Crippen LogP) is 4.89. The van der Waals surface area contributed by atoms with Crippen molar-refractivity contribution in [1.82, 2.24) is 0 Å². The molecule has 27 heavy (non-hydrogen) atoms. The lowest BCUT2D eigenvalue weighted by Gasteiger charge is -2.44. The van der Waals surface area contributed by atoms with Crippen LogP contribution in [-0.2, 0) is 12.3 Å². The normalized spacial score (nSPS) is 20.0. The molecule has 4 atom stereocenters. The molecule has 0 saturated carbocycles. The summed E-state index contributed by atoms with van der Waals surface area (Å²) in [6, 6.07) is 1.76. The fraction of sp³-hybridized carbons (Fsp3) is 1.00. The minimum atomic E-state index is -2.46. The first-order valence-electron chi connectivity index (χ1n) is 10.4. The van der Waals surface area contributed by atoms with Crippen molar-refractivity contribution >= 4 is 33.8 Å². The van der Waals surface area contributed by atoms with Crippen LogP contribution in [0, 0.1) is 11.8 Å². The lowest BCUT2D eigenvalue weighted by Crippen LogP contribution is -2.59. The zero-order valence-electron chi connectivity index (χ0n) is 19.5. The summed E-state index contributed by atoms with van der Waals surface area (Å²) in [6.45, 7) is 22.4. The number of hydrogen-bond acceptors (Lipinski definition) is 5. The van der Waals surface area contributed by atoms with Gasteiger partial charge in [0.2, 0.25) is 0 Å². The van der Waals surface area contributed by atoms with Crippen LogP contribution in [0.2, 0.25) is 64.5 Å². The second-order valence-electron chi connectivity index (χ2n) is 10.4. The number of rotatable bonds is 14. The molecule has 0 aliphatic heterocycles. The van der Waals surface area contributed by atoms with E-state index in [0.29, 0.717) is 11.8 Å². The Balaban J connectivity index is 5.66. The van der Waals surface area contributed by atoms with E-state index < -0.39 is 33.8 Å². The molecule has 5 nitrogen and oxygen atoms in total. The van der Waals surface area contributed by atoms with Crippen molar-refractivity contribution in [1.29, 1.82) is 0 Å². The quantitative estimate of drug-likeness (QED) is 0.366. The number of aliphatic hydroxyl groups excluding tert-OH is 2. The van der Waals surface area contributed by atoms with Gasteiger partial charge in [-0.25, -0.2) is 0 Å². The Morgan fingerprint density at radius 3 is 1.11 bits per heavy atom. The molecule has 0 fully saturated rings. The van der Waals surface area contributed by atoms with Gasteiger partial charge in [0.25, 0.3) is 0 Å². The van der Waals surface area contributed by atoms with E-state index in [1.54, 1.807) is 0 Å². The molecule has 164 valence electrons. The Hall–Kier alpha value is 0.668. The molecule has 4 unspecified atom stereocenters. The Bertz CT molecular complexity index is 389. The molecular weight excluding hydrogens is 409 g/mol. The fourth-order valence-corrected chi connectivity index (χ4v) is 23.2. The molecule has 0 rings (SSSR count). The molecular formula is C18H46O5Si4. The van der Waals surface area contributed by atoms with E-state index in [0.717, 1.165) is 24.9 Å². The van der Waals surface area contributed by atoms with Gasteiger partial charge in [0, 0.05) is 13.2 Å². The van der Waals surface area contributed by atoms with Crippen molar-refractivity contribution in [2.24, 2.45) is 11.8 Å². The van der Waals surface area contributed by atoms with Gasteiger partial charge >= 0.3 is 17.1 Å². The van der Waals surface area contributed by atoms with Gasteiger partial charge in [-0.15, -0.1) is 0 Å². The minimum Gasteiger partial charge on any atom is -0.437 e. The summed E-state index contributed by atoms with van der Waals surface area (Å²) in [6.07, 6.45) is 1.55. The molecule has 0 spiro atoms. The van der Waals surface area contributed by atoms with Gasteiger partial charge in [-0.05, 0) is 89.1 Å². The van der Waals surface area contributed by atoms with Crippen LogP contribution >= 0.6 is 0 Å². The lowest BCUT2D eigenvalue weighted by molar-refractivity contribution is 0.252. The van der Waals surface area contributed by atoms with Gasteiger partial charge in [0.1, 0.15) is 0 Å². The van der Waals surface area contributed by atoms with E-state index in [4.69, 9.17) is 12.3 Å². The highest BCUT2D eigenvalue weighted by Crippen LogP contribution is 2.33. The summed E-state index contributed by atoms with van der Waals surface area (Å²) in [5.74, 6) is 0.728.